The first-order valence-electron chi connectivity index (χ1n) is 9.15. The molecule has 0 aliphatic carbocycles. The highest BCUT2D eigenvalue weighted by atomic mass is 16.4. The maximum atomic E-state index is 12.5. The Balaban J connectivity index is 1.85. The number of hydrogen-bond donors (Lipinski definition) is 3. The second-order valence-corrected chi connectivity index (χ2v) is 7.02. The quantitative estimate of drug-likeness (QED) is 0.450. The van der Waals surface area contributed by atoms with Crippen LogP contribution in [0.15, 0.2) is 29.3 Å². The van der Waals surface area contributed by atoms with Crippen molar-refractivity contribution < 1.29 is 19.5 Å². The van der Waals surface area contributed by atoms with E-state index in [0.29, 0.717) is 38.0 Å². The van der Waals surface area contributed by atoms with Crippen molar-refractivity contribution in [3.63, 3.8) is 0 Å². The van der Waals surface area contributed by atoms with E-state index in [1.165, 1.54) is 4.90 Å². The molecule has 0 radical (unpaired) electrons. The molecular formula is C19H27N5O4. The van der Waals surface area contributed by atoms with Gasteiger partial charge in [0.25, 0.3) is 5.91 Å². The zero-order chi connectivity index (χ0) is 20.7. The summed E-state index contributed by atoms with van der Waals surface area (Å²) < 4.78 is 0. The Morgan fingerprint density at radius 2 is 1.79 bits per heavy atom. The summed E-state index contributed by atoms with van der Waals surface area (Å²) in [5.74, 6) is -1.07. The summed E-state index contributed by atoms with van der Waals surface area (Å²) in [6, 6.07) is 6.89. The summed E-state index contributed by atoms with van der Waals surface area (Å²) in [5, 5.41) is 8.86. The van der Waals surface area contributed by atoms with Gasteiger partial charge in [0.2, 0.25) is 5.91 Å². The van der Waals surface area contributed by atoms with Crippen LogP contribution < -0.4 is 11.5 Å². The Morgan fingerprint density at radius 3 is 2.32 bits per heavy atom. The summed E-state index contributed by atoms with van der Waals surface area (Å²) in [6.45, 7) is 1.37. The van der Waals surface area contributed by atoms with Gasteiger partial charge in [-0.2, -0.15) is 0 Å². The molecule has 1 aromatic carbocycles. The second-order valence-electron chi connectivity index (χ2n) is 7.02. The van der Waals surface area contributed by atoms with Gasteiger partial charge in [-0.1, -0.05) is 12.1 Å². The van der Waals surface area contributed by atoms with Gasteiger partial charge in [-0.3, -0.25) is 14.4 Å². The highest BCUT2D eigenvalue weighted by Crippen LogP contribution is 2.20. The molecule has 1 aliphatic heterocycles. The van der Waals surface area contributed by atoms with Gasteiger partial charge in [-0.25, -0.2) is 4.99 Å². The number of rotatable bonds is 7. The van der Waals surface area contributed by atoms with E-state index in [-0.39, 0.29) is 36.7 Å². The van der Waals surface area contributed by atoms with Crippen LogP contribution in [0.4, 0.5) is 0 Å². The molecule has 9 nitrogen and oxygen atoms in total. The number of aliphatic carboxylic acids is 1. The third kappa shape index (κ3) is 6.26. The largest absolute Gasteiger partial charge is 0.481 e. The normalized spacial score (nSPS) is 14.4. The van der Waals surface area contributed by atoms with Gasteiger partial charge in [0, 0.05) is 32.1 Å². The topological polar surface area (TPSA) is 142 Å². The SMILES string of the molecule is CN(CC(=O)N1CCC(CC(=O)O)CC1)C(=O)c1ccc(CN=C(N)N)cc1. The first-order valence-corrected chi connectivity index (χ1v) is 9.15. The summed E-state index contributed by atoms with van der Waals surface area (Å²) in [6.07, 6.45) is 1.49. The molecule has 0 bridgehead atoms. The van der Waals surface area contributed by atoms with Crippen LogP contribution in [0.2, 0.25) is 0 Å². The Labute approximate surface area is 164 Å². The van der Waals surface area contributed by atoms with Crippen molar-refractivity contribution in [3.8, 4) is 0 Å². The van der Waals surface area contributed by atoms with Gasteiger partial charge < -0.3 is 26.4 Å². The van der Waals surface area contributed by atoms with Crippen molar-refractivity contribution in [1.82, 2.24) is 9.80 Å². The van der Waals surface area contributed by atoms with Gasteiger partial charge in [0.1, 0.15) is 0 Å². The van der Waals surface area contributed by atoms with Gasteiger partial charge in [-0.15, -0.1) is 0 Å². The van der Waals surface area contributed by atoms with Crippen molar-refractivity contribution in [2.45, 2.75) is 25.8 Å². The standard InChI is InChI=1S/C19H27N5O4/c1-23(12-16(25)24-8-6-13(7-9-24)10-17(26)27)18(28)15-4-2-14(3-5-15)11-22-19(20)21/h2-5,13H,6-12H2,1H3,(H,26,27)(H4,20,21,22). The van der Waals surface area contributed by atoms with Gasteiger partial charge in [0.15, 0.2) is 5.96 Å². The molecule has 1 aromatic rings. The molecule has 1 saturated heterocycles. The number of benzene rings is 1. The van der Waals surface area contributed by atoms with E-state index in [2.05, 4.69) is 4.99 Å². The van der Waals surface area contributed by atoms with Crippen LogP contribution in [-0.2, 0) is 16.1 Å². The molecule has 0 aromatic heterocycles. The van der Waals surface area contributed by atoms with E-state index < -0.39 is 5.97 Å². The molecule has 5 N–H and O–H groups in total. The number of carboxylic acids is 1. The predicted octanol–water partition coefficient (Wildman–Crippen LogP) is 0.245. The van der Waals surface area contributed by atoms with Crippen LogP contribution in [0.3, 0.4) is 0 Å². The fraction of sp³-hybridized carbons (Fsp3) is 0.474. The molecule has 1 aliphatic rings. The number of guanidine groups is 1. The number of likely N-dealkylation sites (tertiary alicyclic amines) is 1. The molecule has 1 fully saturated rings. The maximum Gasteiger partial charge on any atom is 0.303 e. The number of carboxylic acid groups (broad SMARTS) is 1. The molecule has 9 heteroatoms. The van der Waals surface area contributed by atoms with E-state index >= 15 is 0 Å². The van der Waals surface area contributed by atoms with E-state index in [9.17, 15) is 14.4 Å². The highest BCUT2D eigenvalue weighted by molar-refractivity contribution is 5.96. The summed E-state index contributed by atoms with van der Waals surface area (Å²) in [4.78, 5) is 42.8. The molecule has 0 unspecified atom stereocenters. The smallest absolute Gasteiger partial charge is 0.303 e. The number of carbonyl (C=O) groups excluding carboxylic acids is 2. The average molecular weight is 389 g/mol. The van der Waals surface area contributed by atoms with E-state index in [1.54, 1.807) is 36.2 Å². The van der Waals surface area contributed by atoms with Crippen LogP contribution >= 0.6 is 0 Å². The first-order chi connectivity index (χ1) is 13.3. The van der Waals surface area contributed by atoms with Crippen LogP contribution in [-0.4, -0.2) is 65.3 Å². The van der Waals surface area contributed by atoms with Crippen molar-refractivity contribution in [1.29, 1.82) is 0 Å². The molecule has 0 saturated carbocycles. The number of carbonyl (C=O) groups is 3. The van der Waals surface area contributed by atoms with Gasteiger partial charge >= 0.3 is 5.97 Å². The molecule has 1 heterocycles. The van der Waals surface area contributed by atoms with Crippen molar-refractivity contribution in [2.24, 2.45) is 22.4 Å². The number of nitrogens with zero attached hydrogens (tertiary/aromatic N) is 3. The van der Waals surface area contributed by atoms with E-state index in [1.807, 2.05) is 0 Å². The number of piperidine rings is 1. The van der Waals surface area contributed by atoms with Crippen LogP contribution in [0.5, 0.6) is 0 Å². The Bertz CT molecular complexity index is 735. The fourth-order valence-electron chi connectivity index (χ4n) is 3.16. The third-order valence-corrected chi connectivity index (χ3v) is 4.79. The van der Waals surface area contributed by atoms with Gasteiger partial charge in [-0.05, 0) is 36.5 Å². The molecule has 28 heavy (non-hydrogen) atoms. The molecule has 152 valence electrons. The predicted molar refractivity (Wildman–Crippen MR) is 104 cm³/mol. The maximum absolute atomic E-state index is 12.5. The van der Waals surface area contributed by atoms with Crippen molar-refractivity contribution in [2.75, 3.05) is 26.7 Å². The lowest BCUT2D eigenvalue weighted by molar-refractivity contribution is -0.138. The number of aliphatic imine (C=N–C) groups is 1. The molecule has 0 spiro atoms. The monoisotopic (exact) mass is 389 g/mol. The minimum Gasteiger partial charge on any atom is -0.481 e. The molecule has 0 atom stereocenters. The minimum atomic E-state index is -0.806. The number of likely N-dealkylation sites (N-methyl/N-ethyl adjacent to an activating group) is 1. The third-order valence-electron chi connectivity index (χ3n) is 4.79. The number of hydrogen-bond acceptors (Lipinski definition) is 4. The van der Waals surface area contributed by atoms with Crippen molar-refractivity contribution in [3.05, 3.63) is 35.4 Å². The average Bonchev–Trinajstić information content (AvgIpc) is 2.66. The highest BCUT2D eigenvalue weighted by Gasteiger charge is 2.25. The number of amides is 2. The van der Waals surface area contributed by atoms with Crippen LogP contribution in [0.25, 0.3) is 0 Å². The Kier molecular flexibility index (Phi) is 7.36. The van der Waals surface area contributed by atoms with E-state index in [0.717, 1.165) is 5.56 Å². The molecule has 2 amide bonds. The van der Waals surface area contributed by atoms with Crippen LogP contribution in [0.1, 0.15) is 35.2 Å². The lowest BCUT2D eigenvalue weighted by atomic mass is 9.93. The second kappa shape index (κ2) is 9.72. The Morgan fingerprint density at radius 1 is 1.18 bits per heavy atom. The summed E-state index contributed by atoms with van der Waals surface area (Å²) in [7, 11) is 1.59. The van der Waals surface area contributed by atoms with Crippen LogP contribution in [0, 0.1) is 5.92 Å². The van der Waals surface area contributed by atoms with Crippen molar-refractivity contribution >= 4 is 23.7 Å². The Hall–Kier alpha value is -3.10. The lowest BCUT2D eigenvalue weighted by Crippen LogP contribution is -2.44. The molecular weight excluding hydrogens is 362 g/mol. The molecule has 2 rings (SSSR count). The fourth-order valence-corrected chi connectivity index (χ4v) is 3.16. The zero-order valence-electron chi connectivity index (χ0n) is 16.0. The summed E-state index contributed by atoms with van der Waals surface area (Å²) >= 11 is 0. The first kappa shape index (κ1) is 21.2. The zero-order valence-corrected chi connectivity index (χ0v) is 16.0. The number of nitrogens with two attached hydrogens (primary N) is 2. The summed E-state index contributed by atoms with van der Waals surface area (Å²) in [5.41, 5.74) is 11.9. The lowest BCUT2D eigenvalue weighted by Gasteiger charge is -2.32. The van der Waals surface area contributed by atoms with Gasteiger partial charge in [0.05, 0.1) is 13.1 Å². The van der Waals surface area contributed by atoms with E-state index in [4.69, 9.17) is 16.6 Å². The minimum absolute atomic E-state index is 0.00499.